The number of hydrogen-bond donors (Lipinski definition) is 2. The zero-order valence-electron chi connectivity index (χ0n) is 11.2. The van der Waals surface area contributed by atoms with Crippen molar-refractivity contribution in [3.05, 3.63) is 47.1 Å². The summed E-state index contributed by atoms with van der Waals surface area (Å²) in [6, 6.07) is 8.96. The molecule has 0 aliphatic carbocycles. The Morgan fingerprint density at radius 2 is 2.14 bits per heavy atom. The van der Waals surface area contributed by atoms with Crippen LogP contribution in [0.15, 0.2) is 36.5 Å². The first kappa shape index (κ1) is 13.5. The van der Waals surface area contributed by atoms with Gasteiger partial charge in [0.1, 0.15) is 5.69 Å². The highest BCUT2D eigenvalue weighted by Gasteiger charge is 2.16. The van der Waals surface area contributed by atoms with Gasteiger partial charge in [0.2, 0.25) is 0 Å². The van der Waals surface area contributed by atoms with Gasteiger partial charge >= 0.3 is 0 Å². The van der Waals surface area contributed by atoms with Crippen LogP contribution in [0.3, 0.4) is 0 Å². The molecule has 0 bridgehead atoms. The number of benzene rings is 1. The van der Waals surface area contributed by atoms with Crippen molar-refractivity contribution in [1.29, 1.82) is 0 Å². The highest BCUT2D eigenvalue weighted by Crippen LogP contribution is 2.28. The standard InChI is InChI=1S/C14H12ClN5O/c1-20-7-10(15)13(19-20)12-6-9(14(21)18-16)8-4-2-3-5-11(8)17-12/h2-7H,16H2,1H3,(H,18,21). The number of para-hydroxylation sites is 1. The lowest BCUT2D eigenvalue weighted by Gasteiger charge is -2.07. The van der Waals surface area contributed by atoms with Gasteiger partial charge < -0.3 is 0 Å². The van der Waals surface area contributed by atoms with Gasteiger partial charge in [-0.25, -0.2) is 10.8 Å². The fourth-order valence-electron chi connectivity index (χ4n) is 2.20. The van der Waals surface area contributed by atoms with Crippen LogP contribution in [-0.2, 0) is 7.05 Å². The number of hydrazine groups is 1. The van der Waals surface area contributed by atoms with E-state index in [2.05, 4.69) is 15.5 Å². The number of aromatic nitrogens is 3. The number of halogens is 1. The van der Waals surface area contributed by atoms with Gasteiger partial charge in [0.15, 0.2) is 0 Å². The van der Waals surface area contributed by atoms with E-state index in [9.17, 15) is 4.79 Å². The molecule has 0 aliphatic rings. The zero-order valence-corrected chi connectivity index (χ0v) is 11.9. The van der Waals surface area contributed by atoms with E-state index in [4.69, 9.17) is 17.4 Å². The lowest BCUT2D eigenvalue weighted by atomic mass is 10.1. The van der Waals surface area contributed by atoms with E-state index in [1.54, 1.807) is 24.0 Å². The number of nitrogens with one attached hydrogen (secondary N) is 1. The smallest absolute Gasteiger partial charge is 0.265 e. The molecule has 106 valence electrons. The van der Waals surface area contributed by atoms with Crippen LogP contribution in [0.5, 0.6) is 0 Å². The van der Waals surface area contributed by atoms with Gasteiger partial charge in [-0.05, 0) is 12.1 Å². The molecule has 0 spiro atoms. The fourth-order valence-corrected chi connectivity index (χ4v) is 2.47. The number of fused-ring (bicyclic) bond motifs is 1. The molecule has 21 heavy (non-hydrogen) atoms. The third-order valence-electron chi connectivity index (χ3n) is 3.12. The number of nitrogen functional groups attached to an aromatic ring is 1. The molecule has 1 amide bonds. The van der Waals surface area contributed by atoms with Crippen molar-refractivity contribution >= 4 is 28.4 Å². The maximum atomic E-state index is 12.0. The van der Waals surface area contributed by atoms with E-state index in [-0.39, 0.29) is 5.91 Å². The Morgan fingerprint density at radius 1 is 1.38 bits per heavy atom. The van der Waals surface area contributed by atoms with Crippen molar-refractivity contribution < 1.29 is 4.79 Å². The fraction of sp³-hybridized carbons (Fsp3) is 0.0714. The normalized spacial score (nSPS) is 10.8. The number of rotatable bonds is 2. The molecule has 0 fully saturated rings. The molecule has 7 heteroatoms. The van der Waals surface area contributed by atoms with E-state index in [0.717, 1.165) is 5.39 Å². The van der Waals surface area contributed by atoms with Gasteiger partial charge in [0.25, 0.3) is 5.91 Å². The lowest BCUT2D eigenvalue weighted by Crippen LogP contribution is -2.30. The van der Waals surface area contributed by atoms with Crippen molar-refractivity contribution in [1.82, 2.24) is 20.2 Å². The summed E-state index contributed by atoms with van der Waals surface area (Å²) in [5, 5.41) is 5.46. The van der Waals surface area contributed by atoms with Crippen LogP contribution < -0.4 is 11.3 Å². The Hall–Kier alpha value is -2.44. The van der Waals surface area contributed by atoms with E-state index in [0.29, 0.717) is 27.5 Å². The van der Waals surface area contributed by atoms with Gasteiger partial charge in [-0.15, -0.1) is 0 Å². The molecule has 3 aromatic rings. The molecule has 3 rings (SSSR count). The van der Waals surface area contributed by atoms with E-state index < -0.39 is 0 Å². The minimum absolute atomic E-state index is 0.387. The molecule has 0 atom stereocenters. The number of nitrogens with two attached hydrogens (primary N) is 1. The molecule has 3 N–H and O–H groups in total. The number of amides is 1. The Bertz CT molecular complexity index is 842. The summed E-state index contributed by atoms with van der Waals surface area (Å²) in [5.74, 6) is 4.86. The predicted octanol–water partition coefficient (Wildman–Crippen LogP) is 1.89. The third kappa shape index (κ3) is 2.35. The van der Waals surface area contributed by atoms with Crippen molar-refractivity contribution in [3.8, 4) is 11.4 Å². The second-order valence-corrected chi connectivity index (χ2v) is 4.95. The van der Waals surface area contributed by atoms with Gasteiger partial charge in [0, 0.05) is 18.6 Å². The molecular weight excluding hydrogens is 290 g/mol. The minimum Gasteiger partial charge on any atom is -0.290 e. The van der Waals surface area contributed by atoms with E-state index in [1.807, 2.05) is 24.3 Å². The molecule has 0 unspecified atom stereocenters. The van der Waals surface area contributed by atoms with Crippen molar-refractivity contribution in [3.63, 3.8) is 0 Å². The van der Waals surface area contributed by atoms with Crippen molar-refractivity contribution in [2.75, 3.05) is 0 Å². The summed E-state index contributed by atoms with van der Waals surface area (Å²) in [5.41, 5.74) is 4.30. The number of hydrogen-bond acceptors (Lipinski definition) is 4. The Morgan fingerprint density at radius 3 is 2.81 bits per heavy atom. The average Bonchev–Trinajstić information content (AvgIpc) is 2.84. The Kier molecular flexibility index (Phi) is 3.32. The summed E-state index contributed by atoms with van der Waals surface area (Å²) in [6.07, 6.45) is 1.68. The van der Waals surface area contributed by atoms with E-state index in [1.165, 1.54) is 0 Å². The summed E-state index contributed by atoms with van der Waals surface area (Å²) in [6.45, 7) is 0. The Labute approximate surface area is 125 Å². The molecule has 6 nitrogen and oxygen atoms in total. The molecule has 0 radical (unpaired) electrons. The first-order valence-corrected chi connectivity index (χ1v) is 6.58. The van der Waals surface area contributed by atoms with Crippen LogP contribution in [-0.4, -0.2) is 20.7 Å². The summed E-state index contributed by atoms with van der Waals surface area (Å²) < 4.78 is 1.59. The SMILES string of the molecule is Cn1cc(Cl)c(-c2cc(C(=O)NN)c3ccccc3n2)n1. The number of aryl methyl sites for hydroxylation is 1. The zero-order chi connectivity index (χ0) is 15.0. The quantitative estimate of drug-likeness (QED) is 0.430. The maximum Gasteiger partial charge on any atom is 0.265 e. The highest BCUT2D eigenvalue weighted by molar-refractivity contribution is 6.33. The number of carbonyl (C=O) groups is 1. The summed E-state index contributed by atoms with van der Waals surface area (Å²) in [4.78, 5) is 16.5. The van der Waals surface area contributed by atoms with Crippen LogP contribution in [0.2, 0.25) is 5.02 Å². The average molecular weight is 302 g/mol. The monoisotopic (exact) mass is 301 g/mol. The topological polar surface area (TPSA) is 85.8 Å². The van der Waals surface area contributed by atoms with Gasteiger partial charge in [-0.2, -0.15) is 5.10 Å². The first-order valence-electron chi connectivity index (χ1n) is 6.20. The van der Waals surface area contributed by atoms with Crippen LogP contribution in [0.1, 0.15) is 10.4 Å². The summed E-state index contributed by atoms with van der Waals surface area (Å²) >= 11 is 6.15. The molecule has 0 saturated heterocycles. The van der Waals surface area contributed by atoms with E-state index >= 15 is 0 Å². The minimum atomic E-state index is -0.387. The van der Waals surface area contributed by atoms with Crippen LogP contribution in [0.4, 0.5) is 0 Å². The van der Waals surface area contributed by atoms with Crippen molar-refractivity contribution in [2.24, 2.45) is 12.9 Å². The summed E-state index contributed by atoms with van der Waals surface area (Å²) in [7, 11) is 1.77. The molecule has 2 heterocycles. The number of pyridine rings is 1. The first-order chi connectivity index (χ1) is 10.1. The van der Waals surface area contributed by atoms with Crippen LogP contribution >= 0.6 is 11.6 Å². The molecule has 0 aliphatic heterocycles. The second-order valence-electron chi connectivity index (χ2n) is 4.54. The van der Waals surface area contributed by atoms with Gasteiger partial charge in [-0.1, -0.05) is 29.8 Å². The molecule has 1 aromatic carbocycles. The largest absolute Gasteiger partial charge is 0.290 e. The highest BCUT2D eigenvalue weighted by atomic mass is 35.5. The number of nitrogens with zero attached hydrogens (tertiary/aromatic N) is 3. The van der Waals surface area contributed by atoms with Crippen molar-refractivity contribution in [2.45, 2.75) is 0 Å². The van der Waals surface area contributed by atoms with Gasteiger partial charge in [-0.3, -0.25) is 14.9 Å². The van der Waals surface area contributed by atoms with Crippen LogP contribution in [0, 0.1) is 0 Å². The maximum absolute atomic E-state index is 12.0. The molecular formula is C14H12ClN5O. The molecule has 2 aromatic heterocycles. The predicted molar refractivity (Wildman–Crippen MR) is 80.6 cm³/mol. The lowest BCUT2D eigenvalue weighted by molar-refractivity contribution is 0.0955. The molecule has 0 saturated carbocycles. The Balaban J connectivity index is 2.30. The van der Waals surface area contributed by atoms with Crippen LogP contribution in [0.25, 0.3) is 22.3 Å². The van der Waals surface area contributed by atoms with Gasteiger partial charge in [0.05, 0.1) is 21.8 Å². The third-order valence-corrected chi connectivity index (χ3v) is 3.40. The number of carbonyl (C=O) groups excluding carboxylic acids is 1. The second kappa shape index (κ2) is 5.16.